The van der Waals surface area contributed by atoms with E-state index in [0.717, 1.165) is 12.8 Å². The molecular formula is C14H16N4O4. The Morgan fingerprint density at radius 3 is 2.86 bits per heavy atom. The second-order valence-electron chi connectivity index (χ2n) is 4.88. The van der Waals surface area contributed by atoms with Crippen LogP contribution >= 0.6 is 0 Å². The Bertz CT molecular complexity index is 632. The number of aromatic nitrogens is 3. The highest BCUT2D eigenvalue weighted by Gasteiger charge is 2.28. The molecule has 8 heteroatoms. The van der Waals surface area contributed by atoms with E-state index in [1.807, 2.05) is 0 Å². The van der Waals surface area contributed by atoms with E-state index < -0.39 is 0 Å². The smallest absolute Gasteiger partial charge is 0.292 e. The van der Waals surface area contributed by atoms with Gasteiger partial charge in [0.1, 0.15) is 6.10 Å². The summed E-state index contributed by atoms with van der Waals surface area (Å²) in [6.45, 7) is 1.12. The summed E-state index contributed by atoms with van der Waals surface area (Å²) >= 11 is 0. The third-order valence-corrected chi connectivity index (χ3v) is 3.42. The Kier molecular flexibility index (Phi) is 4.17. The summed E-state index contributed by atoms with van der Waals surface area (Å²) in [6.07, 6.45) is 6.04. The normalized spacial score (nSPS) is 18.0. The third kappa shape index (κ3) is 3.00. The van der Waals surface area contributed by atoms with Gasteiger partial charge in [-0.1, -0.05) is 5.16 Å². The van der Waals surface area contributed by atoms with Crippen LogP contribution in [0.5, 0.6) is 11.8 Å². The highest BCUT2D eigenvalue weighted by Crippen LogP contribution is 2.24. The van der Waals surface area contributed by atoms with Crippen LogP contribution in [-0.2, 0) is 0 Å². The summed E-state index contributed by atoms with van der Waals surface area (Å²) in [5.41, 5.74) is 0. The molecule has 1 unspecified atom stereocenters. The van der Waals surface area contributed by atoms with Gasteiger partial charge < -0.3 is 18.9 Å². The zero-order chi connectivity index (χ0) is 15.4. The molecule has 1 atom stereocenters. The van der Waals surface area contributed by atoms with Crippen molar-refractivity contribution in [2.45, 2.75) is 18.9 Å². The van der Waals surface area contributed by atoms with Gasteiger partial charge in [0.15, 0.2) is 0 Å². The molecule has 8 nitrogen and oxygen atoms in total. The molecule has 0 radical (unpaired) electrons. The van der Waals surface area contributed by atoms with Crippen molar-refractivity contribution < 1.29 is 18.8 Å². The summed E-state index contributed by atoms with van der Waals surface area (Å²) < 4.78 is 15.9. The molecule has 1 aliphatic heterocycles. The molecule has 1 fully saturated rings. The third-order valence-electron chi connectivity index (χ3n) is 3.42. The molecule has 2 aromatic heterocycles. The van der Waals surface area contributed by atoms with Crippen molar-refractivity contribution in [1.29, 1.82) is 0 Å². The van der Waals surface area contributed by atoms with Crippen LogP contribution in [0, 0.1) is 0 Å². The lowest BCUT2D eigenvalue weighted by molar-refractivity contribution is 0.0484. The van der Waals surface area contributed by atoms with E-state index in [9.17, 15) is 4.79 Å². The van der Waals surface area contributed by atoms with E-state index >= 15 is 0 Å². The Morgan fingerprint density at radius 1 is 1.32 bits per heavy atom. The predicted molar refractivity (Wildman–Crippen MR) is 74.6 cm³/mol. The number of likely N-dealkylation sites (tertiary alicyclic amines) is 1. The SMILES string of the molecule is COc1nccnc1OC1CCCN(C(=O)c2ccno2)C1. The average Bonchev–Trinajstić information content (AvgIpc) is 3.09. The molecule has 116 valence electrons. The van der Waals surface area contributed by atoms with Crippen molar-refractivity contribution in [3.8, 4) is 11.8 Å². The highest BCUT2D eigenvalue weighted by atomic mass is 16.5. The average molecular weight is 304 g/mol. The molecule has 2 aromatic rings. The zero-order valence-electron chi connectivity index (χ0n) is 12.1. The first-order chi connectivity index (χ1) is 10.8. The maximum absolute atomic E-state index is 12.3. The van der Waals surface area contributed by atoms with Crippen LogP contribution in [0.25, 0.3) is 0 Å². The van der Waals surface area contributed by atoms with E-state index in [2.05, 4.69) is 15.1 Å². The molecule has 0 spiro atoms. The maximum atomic E-state index is 12.3. The van der Waals surface area contributed by atoms with E-state index in [-0.39, 0.29) is 17.8 Å². The van der Waals surface area contributed by atoms with Crippen LogP contribution in [-0.4, -0.2) is 52.2 Å². The molecule has 3 rings (SSSR count). The minimum atomic E-state index is -0.183. The number of carbonyl (C=O) groups is 1. The number of rotatable bonds is 4. The van der Waals surface area contributed by atoms with Gasteiger partial charge in [-0.3, -0.25) is 4.79 Å². The fraction of sp³-hybridized carbons (Fsp3) is 0.429. The monoisotopic (exact) mass is 304 g/mol. The summed E-state index contributed by atoms with van der Waals surface area (Å²) in [7, 11) is 1.51. The van der Waals surface area contributed by atoms with Crippen LogP contribution in [0.4, 0.5) is 0 Å². The van der Waals surface area contributed by atoms with E-state index in [0.29, 0.717) is 24.8 Å². The van der Waals surface area contributed by atoms with Gasteiger partial charge >= 0.3 is 0 Å². The number of carbonyl (C=O) groups excluding carboxylic acids is 1. The standard InChI is InChI=1S/C14H16N4O4/c1-20-12-13(16-7-6-15-12)21-10-3-2-8-18(9-10)14(19)11-4-5-17-22-11/h4-7,10H,2-3,8-9H2,1H3. The zero-order valence-corrected chi connectivity index (χ0v) is 12.1. The van der Waals surface area contributed by atoms with Crippen LogP contribution in [0.1, 0.15) is 23.4 Å². The second kappa shape index (κ2) is 6.42. The fourth-order valence-corrected chi connectivity index (χ4v) is 2.39. The number of hydrogen-bond donors (Lipinski definition) is 0. The van der Waals surface area contributed by atoms with Gasteiger partial charge in [-0.25, -0.2) is 9.97 Å². The van der Waals surface area contributed by atoms with Gasteiger partial charge in [-0.15, -0.1) is 0 Å². The van der Waals surface area contributed by atoms with Crippen molar-refractivity contribution >= 4 is 5.91 Å². The van der Waals surface area contributed by atoms with Gasteiger partial charge in [0.25, 0.3) is 17.7 Å². The number of ether oxygens (including phenoxy) is 2. The summed E-state index contributed by atoms with van der Waals surface area (Å²) in [4.78, 5) is 22.1. The largest absolute Gasteiger partial charge is 0.477 e. The number of methoxy groups -OCH3 is 1. The molecular weight excluding hydrogens is 288 g/mol. The number of nitrogens with zero attached hydrogens (tertiary/aromatic N) is 4. The molecule has 3 heterocycles. The Morgan fingerprint density at radius 2 is 2.14 bits per heavy atom. The van der Waals surface area contributed by atoms with Gasteiger partial charge in [0, 0.05) is 25.0 Å². The number of piperidine rings is 1. The second-order valence-corrected chi connectivity index (χ2v) is 4.88. The maximum Gasteiger partial charge on any atom is 0.292 e. The van der Waals surface area contributed by atoms with Gasteiger partial charge in [0.2, 0.25) is 5.76 Å². The lowest BCUT2D eigenvalue weighted by Gasteiger charge is -2.32. The quantitative estimate of drug-likeness (QED) is 0.837. The first-order valence-electron chi connectivity index (χ1n) is 6.99. The van der Waals surface area contributed by atoms with Crippen LogP contribution in [0.2, 0.25) is 0 Å². The Labute approximate surface area is 127 Å². The molecule has 0 N–H and O–H groups in total. The summed E-state index contributed by atoms with van der Waals surface area (Å²) in [6, 6.07) is 1.55. The molecule has 0 aliphatic carbocycles. The van der Waals surface area contributed by atoms with Crippen molar-refractivity contribution in [3.05, 3.63) is 30.4 Å². The van der Waals surface area contributed by atoms with Gasteiger partial charge in [-0.2, -0.15) is 0 Å². The highest BCUT2D eigenvalue weighted by molar-refractivity contribution is 5.91. The first-order valence-corrected chi connectivity index (χ1v) is 6.99. The van der Waals surface area contributed by atoms with Crippen LogP contribution in [0.15, 0.2) is 29.2 Å². The summed E-state index contributed by atoms with van der Waals surface area (Å²) in [5, 5.41) is 3.56. The van der Waals surface area contributed by atoms with Crippen molar-refractivity contribution in [2.75, 3.05) is 20.2 Å². The molecule has 1 aliphatic rings. The minimum absolute atomic E-state index is 0.161. The molecule has 1 saturated heterocycles. The fourth-order valence-electron chi connectivity index (χ4n) is 2.39. The van der Waals surface area contributed by atoms with Crippen molar-refractivity contribution in [2.24, 2.45) is 0 Å². The van der Waals surface area contributed by atoms with E-state index in [4.69, 9.17) is 14.0 Å². The Hall–Kier alpha value is -2.64. The molecule has 0 bridgehead atoms. The van der Waals surface area contributed by atoms with Crippen molar-refractivity contribution in [3.63, 3.8) is 0 Å². The number of hydrogen-bond acceptors (Lipinski definition) is 7. The molecule has 1 amide bonds. The lowest BCUT2D eigenvalue weighted by Crippen LogP contribution is -2.44. The van der Waals surface area contributed by atoms with Crippen molar-refractivity contribution in [1.82, 2.24) is 20.0 Å². The van der Waals surface area contributed by atoms with Crippen LogP contribution in [0.3, 0.4) is 0 Å². The molecule has 0 aromatic carbocycles. The predicted octanol–water partition coefficient (Wildman–Crippen LogP) is 1.16. The van der Waals surface area contributed by atoms with E-state index in [1.54, 1.807) is 11.0 Å². The topological polar surface area (TPSA) is 90.6 Å². The number of amides is 1. The Balaban J connectivity index is 1.67. The molecule has 22 heavy (non-hydrogen) atoms. The lowest BCUT2D eigenvalue weighted by atomic mass is 10.1. The first kappa shape index (κ1) is 14.3. The van der Waals surface area contributed by atoms with Gasteiger partial charge in [0.05, 0.1) is 19.9 Å². The minimum Gasteiger partial charge on any atom is -0.477 e. The molecule has 0 saturated carbocycles. The van der Waals surface area contributed by atoms with Crippen LogP contribution < -0.4 is 9.47 Å². The van der Waals surface area contributed by atoms with Gasteiger partial charge in [-0.05, 0) is 12.8 Å². The van der Waals surface area contributed by atoms with E-state index in [1.165, 1.54) is 25.7 Å². The summed E-state index contributed by atoms with van der Waals surface area (Å²) in [5.74, 6) is 0.722.